The number of rotatable bonds is 4. The molecule has 9 heteroatoms. The van der Waals surface area contributed by atoms with Crippen LogP contribution in [-0.2, 0) is 19.1 Å². The van der Waals surface area contributed by atoms with E-state index >= 15 is 0 Å². The van der Waals surface area contributed by atoms with Crippen LogP contribution >= 0.6 is 0 Å². The third-order valence-corrected chi connectivity index (χ3v) is 4.27. The first-order valence-electron chi connectivity index (χ1n) is 8.76. The molecule has 2 atom stereocenters. The smallest absolute Gasteiger partial charge is 0.350 e. The number of fused-ring (bicyclic) bond motifs is 1. The highest BCUT2D eigenvalue weighted by Crippen LogP contribution is 2.33. The molecule has 0 bridgehead atoms. The lowest BCUT2D eigenvalue weighted by Crippen LogP contribution is -2.48. The Morgan fingerprint density at radius 2 is 1.93 bits per heavy atom. The number of esters is 1. The lowest BCUT2D eigenvalue weighted by atomic mass is 10.2. The molecule has 1 heterocycles. The van der Waals surface area contributed by atoms with E-state index in [-0.39, 0.29) is 18.1 Å². The van der Waals surface area contributed by atoms with Gasteiger partial charge < -0.3 is 19.7 Å². The maximum absolute atomic E-state index is 13.7. The number of benzene rings is 2. The number of nitrogens with one attached hydrogen (secondary N) is 1. The van der Waals surface area contributed by atoms with Crippen molar-refractivity contribution in [2.75, 3.05) is 16.8 Å². The topological polar surface area (TPSA) is 84.9 Å². The summed E-state index contributed by atoms with van der Waals surface area (Å²) in [5.74, 6) is -3.35. The van der Waals surface area contributed by atoms with Crippen molar-refractivity contribution in [3.05, 3.63) is 54.1 Å². The molecule has 0 radical (unpaired) electrons. The molecule has 0 aliphatic carbocycles. The lowest BCUT2D eigenvalue weighted by Gasteiger charge is -2.33. The van der Waals surface area contributed by atoms with E-state index < -0.39 is 35.7 Å². The van der Waals surface area contributed by atoms with Crippen molar-refractivity contribution in [2.45, 2.75) is 26.1 Å². The van der Waals surface area contributed by atoms with Gasteiger partial charge in [-0.1, -0.05) is 12.1 Å². The standard InChI is InChI=1S/C20H18F2N2O5/c1-11(19(26)23-15-8-7-13(21)9-14(15)22)28-20(27)18-10-24(12(2)25)16-5-3-4-6-17(16)29-18/h3-9,11,18H,10H2,1-2H3,(H,23,26)/t11-,18+/m0/s1. The summed E-state index contributed by atoms with van der Waals surface area (Å²) in [5.41, 5.74) is 0.284. The van der Waals surface area contributed by atoms with Gasteiger partial charge >= 0.3 is 5.97 Å². The highest BCUT2D eigenvalue weighted by atomic mass is 19.1. The average molecular weight is 404 g/mol. The van der Waals surface area contributed by atoms with E-state index in [2.05, 4.69) is 5.32 Å². The maximum atomic E-state index is 13.7. The van der Waals surface area contributed by atoms with Crippen molar-refractivity contribution in [1.29, 1.82) is 0 Å². The number of hydrogen-bond donors (Lipinski definition) is 1. The molecule has 3 rings (SSSR count). The molecule has 29 heavy (non-hydrogen) atoms. The Labute approximate surface area is 165 Å². The Kier molecular flexibility index (Phi) is 5.76. The van der Waals surface area contributed by atoms with Gasteiger partial charge in [0.05, 0.1) is 17.9 Å². The third-order valence-electron chi connectivity index (χ3n) is 4.27. The van der Waals surface area contributed by atoms with Crippen LogP contribution in [0.25, 0.3) is 0 Å². The van der Waals surface area contributed by atoms with E-state index in [4.69, 9.17) is 9.47 Å². The molecular formula is C20H18F2N2O5. The highest BCUT2D eigenvalue weighted by Gasteiger charge is 2.35. The van der Waals surface area contributed by atoms with Gasteiger partial charge in [-0.3, -0.25) is 9.59 Å². The Balaban J connectivity index is 1.66. The quantitative estimate of drug-likeness (QED) is 0.792. The minimum Gasteiger partial charge on any atom is -0.475 e. The highest BCUT2D eigenvalue weighted by molar-refractivity contribution is 5.97. The van der Waals surface area contributed by atoms with Crippen molar-refractivity contribution < 1.29 is 32.6 Å². The SMILES string of the molecule is CC(=O)N1C[C@H](C(=O)O[C@@H](C)C(=O)Nc2ccc(F)cc2F)Oc2ccccc21. The van der Waals surface area contributed by atoms with Crippen LogP contribution in [0.4, 0.5) is 20.2 Å². The minimum atomic E-state index is -1.28. The van der Waals surface area contributed by atoms with Crippen LogP contribution in [0.2, 0.25) is 0 Å². The summed E-state index contributed by atoms with van der Waals surface area (Å²) in [7, 11) is 0. The molecule has 1 N–H and O–H groups in total. The molecule has 7 nitrogen and oxygen atoms in total. The van der Waals surface area contributed by atoms with Gasteiger partial charge in [-0.2, -0.15) is 0 Å². The Hall–Kier alpha value is -3.49. The van der Waals surface area contributed by atoms with Crippen LogP contribution in [0.3, 0.4) is 0 Å². The predicted molar refractivity (Wildman–Crippen MR) is 99.4 cm³/mol. The Morgan fingerprint density at radius 3 is 2.62 bits per heavy atom. The second-order valence-corrected chi connectivity index (χ2v) is 6.40. The third kappa shape index (κ3) is 4.50. The molecule has 1 aliphatic heterocycles. The summed E-state index contributed by atoms with van der Waals surface area (Å²) in [6.07, 6.45) is -2.41. The number of carbonyl (C=O) groups excluding carboxylic acids is 3. The van der Waals surface area contributed by atoms with Crippen LogP contribution < -0.4 is 15.0 Å². The summed E-state index contributed by atoms with van der Waals surface area (Å²) < 4.78 is 37.3. The van der Waals surface area contributed by atoms with Crippen LogP contribution in [0.15, 0.2) is 42.5 Å². The molecule has 2 aromatic carbocycles. The summed E-state index contributed by atoms with van der Waals surface area (Å²) in [6, 6.07) is 9.39. The number of nitrogens with zero attached hydrogens (tertiary/aromatic N) is 1. The second-order valence-electron chi connectivity index (χ2n) is 6.40. The summed E-state index contributed by atoms with van der Waals surface area (Å²) in [4.78, 5) is 37.9. The molecule has 0 saturated heterocycles. The normalized spacial score (nSPS) is 16.3. The molecule has 0 fully saturated rings. The van der Waals surface area contributed by atoms with Gasteiger partial charge in [0.15, 0.2) is 6.10 Å². The largest absolute Gasteiger partial charge is 0.475 e. The fraction of sp³-hybridized carbons (Fsp3) is 0.250. The number of halogens is 2. The molecule has 0 unspecified atom stereocenters. The zero-order valence-electron chi connectivity index (χ0n) is 15.6. The van der Waals surface area contributed by atoms with E-state index in [1.807, 2.05) is 0 Å². The van der Waals surface area contributed by atoms with Crippen LogP contribution in [0.5, 0.6) is 5.75 Å². The van der Waals surface area contributed by atoms with Gasteiger partial charge in [0.1, 0.15) is 17.4 Å². The fourth-order valence-electron chi connectivity index (χ4n) is 2.78. The summed E-state index contributed by atoms with van der Waals surface area (Å²) in [5, 5.41) is 2.22. The molecule has 1 aliphatic rings. The van der Waals surface area contributed by atoms with E-state index in [9.17, 15) is 23.2 Å². The van der Waals surface area contributed by atoms with Crippen LogP contribution in [0.1, 0.15) is 13.8 Å². The van der Waals surface area contributed by atoms with Crippen molar-refractivity contribution in [3.8, 4) is 5.75 Å². The molecular weight excluding hydrogens is 386 g/mol. The average Bonchev–Trinajstić information content (AvgIpc) is 2.68. The number of ether oxygens (including phenoxy) is 2. The molecule has 0 spiro atoms. The van der Waals surface area contributed by atoms with Crippen LogP contribution in [-0.4, -0.2) is 36.5 Å². The minimum absolute atomic E-state index is 0.0773. The number of carbonyl (C=O) groups is 3. The predicted octanol–water partition coefficient (Wildman–Crippen LogP) is 2.65. The molecule has 0 saturated carbocycles. The fourth-order valence-corrected chi connectivity index (χ4v) is 2.78. The lowest BCUT2D eigenvalue weighted by molar-refractivity contribution is -0.160. The van der Waals surface area contributed by atoms with Gasteiger partial charge in [-0.05, 0) is 31.2 Å². The van der Waals surface area contributed by atoms with Crippen molar-refractivity contribution in [1.82, 2.24) is 0 Å². The maximum Gasteiger partial charge on any atom is 0.350 e. The van der Waals surface area contributed by atoms with E-state index in [1.54, 1.807) is 24.3 Å². The van der Waals surface area contributed by atoms with Gasteiger partial charge in [0.25, 0.3) is 5.91 Å². The number of hydrogen-bond acceptors (Lipinski definition) is 5. The molecule has 152 valence electrons. The molecule has 0 aromatic heterocycles. The number of para-hydroxylation sites is 2. The zero-order valence-corrected chi connectivity index (χ0v) is 15.6. The Bertz CT molecular complexity index is 966. The Morgan fingerprint density at radius 1 is 1.21 bits per heavy atom. The van der Waals surface area contributed by atoms with E-state index in [0.29, 0.717) is 17.5 Å². The summed E-state index contributed by atoms with van der Waals surface area (Å²) >= 11 is 0. The first-order valence-corrected chi connectivity index (χ1v) is 8.76. The second kappa shape index (κ2) is 8.26. The van der Waals surface area contributed by atoms with Gasteiger partial charge in [-0.25, -0.2) is 13.6 Å². The molecule has 2 aromatic rings. The van der Waals surface area contributed by atoms with Gasteiger partial charge in [0.2, 0.25) is 12.0 Å². The monoisotopic (exact) mass is 404 g/mol. The van der Waals surface area contributed by atoms with Gasteiger partial charge in [-0.15, -0.1) is 0 Å². The van der Waals surface area contributed by atoms with E-state index in [1.165, 1.54) is 18.7 Å². The molecule has 2 amide bonds. The van der Waals surface area contributed by atoms with E-state index in [0.717, 1.165) is 12.1 Å². The van der Waals surface area contributed by atoms with Crippen molar-refractivity contribution >= 4 is 29.2 Å². The summed E-state index contributed by atoms with van der Waals surface area (Å²) in [6.45, 7) is 2.58. The first-order chi connectivity index (χ1) is 13.8. The number of anilines is 2. The number of amides is 2. The van der Waals surface area contributed by atoms with Crippen molar-refractivity contribution in [2.24, 2.45) is 0 Å². The van der Waals surface area contributed by atoms with Crippen LogP contribution in [0, 0.1) is 11.6 Å². The van der Waals surface area contributed by atoms with Crippen molar-refractivity contribution in [3.63, 3.8) is 0 Å². The zero-order chi connectivity index (χ0) is 21.1. The van der Waals surface area contributed by atoms with Gasteiger partial charge in [0, 0.05) is 13.0 Å². The first kappa shape index (κ1) is 20.2.